The summed E-state index contributed by atoms with van der Waals surface area (Å²) in [5.74, 6) is 0.525. The summed E-state index contributed by atoms with van der Waals surface area (Å²) >= 11 is 0. The molecule has 0 saturated heterocycles. The molecule has 176 valence electrons. The summed E-state index contributed by atoms with van der Waals surface area (Å²) in [5.41, 5.74) is 2.21. The van der Waals surface area contributed by atoms with Crippen LogP contribution in [0.1, 0.15) is 31.4 Å². The molecule has 0 spiro atoms. The largest absolute Gasteiger partial charge is 0.493 e. The minimum absolute atomic E-state index is 0.00941. The second-order valence-electron chi connectivity index (χ2n) is 7.22. The first-order valence-corrected chi connectivity index (χ1v) is 12.1. The zero-order chi connectivity index (χ0) is 23.6. The number of nitrogens with zero attached hydrogens (tertiary/aromatic N) is 1. The number of methoxy groups -OCH3 is 2. The smallest absolute Gasteiger partial charge is 0.240 e. The van der Waals surface area contributed by atoms with Gasteiger partial charge in [-0.25, -0.2) is 13.1 Å². The Morgan fingerprint density at radius 2 is 1.66 bits per heavy atom. The van der Waals surface area contributed by atoms with Gasteiger partial charge in [0, 0.05) is 32.1 Å². The minimum Gasteiger partial charge on any atom is -0.493 e. The van der Waals surface area contributed by atoms with Crippen LogP contribution in [0.4, 0.5) is 0 Å². The molecule has 9 heteroatoms. The maximum absolute atomic E-state index is 12.5. The Morgan fingerprint density at radius 3 is 2.31 bits per heavy atom. The van der Waals surface area contributed by atoms with Crippen LogP contribution < -0.4 is 19.5 Å². The van der Waals surface area contributed by atoms with E-state index in [1.54, 1.807) is 0 Å². The molecule has 0 atom stereocenters. The average molecular weight is 464 g/mol. The van der Waals surface area contributed by atoms with Crippen LogP contribution in [-0.2, 0) is 27.9 Å². The fourth-order valence-corrected chi connectivity index (χ4v) is 4.25. The molecule has 2 aromatic carbocycles. The highest BCUT2D eigenvalue weighted by Gasteiger charge is 2.17. The molecule has 2 aromatic rings. The molecule has 8 nitrogen and oxygen atoms in total. The number of ether oxygens (including phenoxy) is 2. The SMILES string of the molecule is CCN(CC)Cc1cccc(CNC(=O)CCNS(=O)(=O)c2ccc(OC)c(OC)c2)c1. The van der Waals surface area contributed by atoms with E-state index < -0.39 is 10.0 Å². The van der Waals surface area contributed by atoms with E-state index in [2.05, 4.69) is 40.9 Å². The lowest BCUT2D eigenvalue weighted by molar-refractivity contribution is -0.121. The first kappa shape index (κ1) is 25.6. The third-order valence-electron chi connectivity index (χ3n) is 5.09. The Kier molecular flexibility index (Phi) is 9.96. The van der Waals surface area contributed by atoms with Crippen LogP contribution >= 0.6 is 0 Å². The number of nitrogens with one attached hydrogen (secondary N) is 2. The lowest BCUT2D eigenvalue weighted by Gasteiger charge is -2.18. The van der Waals surface area contributed by atoms with Crippen molar-refractivity contribution in [3.8, 4) is 11.5 Å². The van der Waals surface area contributed by atoms with Crippen molar-refractivity contribution in [3.05, 3.63) is 53.6 Å². The summed E-state index contributed by atoms with van der Waals surface area (Å²) in [6, 6.07) is 12.4. The lowest BCUT2D eigenvalue weighted by Crippen LogP contribution is -2.30. The van der Waals surface area contributed by atoms with Crippen LogP contribution in [-0.4, -0.2) is 53.1 Å². The van der Waals surface area contributed by atoms with Crippen molar-refractivity contribution in [1.29, 1.82) is 0 Å². The highest BCUT2D eigenvalue weighted by atomic mass is 32.2. The van der Waals surface area contributed by atoms with Gasteiger partial charge in [-0.1, -0.05) is 38.1 Å². The van der Waals surface area contributed by atoms with Gasteiger partial charge in [0.25, 0.3) is 0 Å². The number of carbonyl (C=O) groups excluding carboxylic acids is 1. The lowest BCUT2D eigenvalue weighted by atomic mass is 10.1. The molecule has 0 saturated carbocycles. The van der Waals surface area contributed by atoms with E-state index in [1.807, 2.05) is 12.1 Å². The molecule has 0 fully saturated rings. The molecule has 32 heavy (non-hydrogen) atoms. The van der Waals surface area contributed by atoms with Crippen LogP contribution in [0.3, 0.4) is 0 Å². The maximum Gasteiger partial charge on any atom is 0.240 e. The van der Waals surface area contributed by atoms with Gasteiger partial charge in [0.05, 0.1) is 19.1 Å². The summed E-state index contributed by atoms with van der Waals surface area (Å²) in [6.07, 6.45) is 0.0334. The van der Waals surface area contributed by atoms with Crippen molar-refractivity contribution in [2.24, 2.45) is 0 Å². The van der Waals surface area contributed by atoms with E-state index in [0.29, 0.717) is 18.0 Å². The molecule has 0 bridgehead atoms. The maximum atomic E-state index is 12.5. The fraction of sp³-hybridized carbons (Fsp3) is 0.435. The predicted molar refractivity (Wildman–Crippen MR) is 124 cm³/mol. The van der Waals surface area contributed by atoms with Crippen LogP contribution in [0.25, 0.3) is 0 Å². The number of hydrogen-bond donors (Lipinski definition) is 2. The molecule has 0 unspecified atom stereocenters. The van der Waals surface area contributed by atoms with E-state index in [-0.39, 0.29) is 23.8 Å². The van der Waals surface area contributed by atoms with E-state index in [4.69, 9.17) is 9.47 Å². The number of amides is 1. The van der Waals surface area contributed by atoms with E-state index in [0.717, 1.165) is 25.2 Å². The molecular formula is C23H33N3O5S. The topological polar surface area (TPSA) is 97.0 Å². The number of rotatable bonds is 13. The Balaban J connectivity index is 1.85. The van der Waals surface area contributed by atoms with Gasteiger partial charge >= 0.3 is 0 Å². The number of benzene rings is 2. The second-order valence-corrected chi connectivity index (χ2v) is 8.99. The van der Waals surface area contributed by atoms with Crippen LogP contribution in [0.15, 0.2) is 47.4 Å². The summed E-state index contributed by atoms with van der Waals surface area (Å²) in [4.78, 5) is 14.6. The van der Waals surface area contributed by atoms with Gasteiger partial charge in [-0.15, -0.1) is 0 Å². The normalized spacial score (nSPS) is 11.4. The van der Waals surface area contributed by atoms with Crippen molar-refractivity contribution in [3.63, 3.8) is 0 Å². The monoisotopic (exact) mass is 463 g/mol. The van der Waals surface area contributed by atoms with Gasteiger partial charge in [-0.3, -0.25) is 9.69 Å². The number of sulfonamides is 1. The standard InChI is InChI=1S/C23H33N3O5S/c1-5-26(6-2)17-19-9-7-8-18(14-19)16-24-23(27)12-13-25-32(28,29)20-10-11-21(30-3)22(15-20)31-4/h7-11,14-15,25H,5-6,12-13,16-17H2,1-4H3,(H,24,27). The van der Waals surface area contributed by atoms with Gasteiger partial charge in [0.1, 0.15) is 0 Å². The molecule has 2 N–H and O–H groups in total. The van der Waals surface area contributed by atoms with Gasteiger partial charge in [0.15, 0.2) is 11.5 Å². The molecule has 0 aliphatic carbocycles. The predicted octanol–water partition coefficient (Wildman–Crippen LogP) is 2.53. The molecule has 0 heterocycles. The van der Waals surface area contributed by atoms with Gasteiger partial charge in [-0.05, 0) is 36.3 Å². The van der Waals surface area contributed by atoms with Gasteiger partial charge in [-0.2, -0.15) is 0 Å². The Morgan fingerprint density at radius 1 is 0.969 bits per heavy atom. The second kappa shape index (κ2) is 12.4. The quantitative estimate of drug-likeness (QED) is 0.474. The Labute approximate surface area is 191 Å². The Bertz CT molecular complexity index is 991. The summed E-state index contributed by atoms with van der Waals surface area (Å²) in [6.45, 7) is 7.48. The molecule has 1 amide bonds. The van der Waals surface area contributed by atoms with E-state index >= 15 is 0 Å². The van der Waals surface area contributed by atoms with Crippen molar-refractivity contribution in [1.82, 2.24) is 14.9 Å². The number of hydrogen-bond acceptors (Lipinski definition) is 6. The van der Waals surface area contributed by atoms with Crippen molar-refractivity contribution >= 4 is 15.9 Å². The summed E-state index contributed by atoms with van der Waals surface area (Å²) in [5, 5.41) is 2.84. The average Bonchev–Trinajstić information content (AvgIpc) is 2.80. The molecule has 0 aliphatic heterocycles. The first-order chi connectivity index (χ1) is 15.3. The third-order valence-corrected chi connectivity index (χ3v) is 6.55. The van der Waals surface area contributed by atoms with Crippen LogP contribution in [0.5, 0.6) is 11.5 Å². The third kappa shape index (κ3) is 7.51. The van der Waals surface area contributed by atoms with Gasteiger partial charge < -0.3 is 14.8 Å². The van der Waals surface area contributed by atoms with Crippen molar-refractivity contribution < 1.29 is 22.7 Å². The van der Waals surface area contributed by atoms with E-state index in [1.165, 1.54) is 38.0 Å². The highest BCUT2D eigenvalue weighted by molar-refractivity contribution is 7.89. The number of carbonyl (C=O) groups is 1. The van der Waals surface area contributed by atoms with E-state index in [9.17, 15) is 13.2 Å². The Hall–Kier alpha value is -2.62. The minimum atomic E-state index is -3.77. The van der Waals surface area contributed by atoms with Crippen LogP contribution in [0, 0.1) is 0 Å². The zero-order valence-electron chi connectivity index (χ0n) is 19.2. The molecule has 0 radical (unpaired) electrons. The summed E-state index contributed by atoms with van der Waals surface area (Å²) in [7, 11) is -0.861. The first-order valence-electron chi connectivity index (χ1n) is 10.6. The highest BCUT2D eigenvalue weighted by Crippen LogP contribution is 2.29. The summed E-state index contributed by atoms with van der Waals surface area (Å²) < 4.78 is 37.7. The van der Waals surface area contributed by atoms with Gasteiger partial charge in [0.2, 0.25) is 15.9 Å². The fourth-order valence-electron chi connectivity index (χ4n) is 3.20. The molecular weight excluding hydrogens is 430 g/mol. The van der Waals surface area contributed by atoms with Crippen molar-refractivity contribution in [2.45, 2.75) is 38.3 Å². The van der Waals surface area contributed by atoms with Crippen LogP contribution in [0.2, 0.25) is 0 Å². The molecule has 2 rings (SSSR count). The molecule has 0 aromatic heterocycles. The molecule has 0 aliphatic rings. The zero-order valence-corrected chi connectivity index (χ0v) is 20.0. The van der Waals surface area contributed by atoms with Crippen molar-refractivity contribution in [2.75, 3.05) is 33.9 Å².